The lowest BCUT2D eigenvalue weighted by Crippen LogP contribution is -2.39. The maximum Gasteiger partial charge on any atom is 0.239 e. The van der Waals surface area contributed by atoms with Crippen LogP contribution in [0.3, 0.4) is 0 Å². The van der Waals surface area contributed by atoms with E-state index in [2.05, 4.69) is 5.32 Å². The van der Waals surface area contributed by atoms with Crippen molar-refractivity contribution >= 4 is 36.0 Å². The first-order chi connectivity index (χ1) is 6.24. The molecule has 0 radical (unpaired) electrons. The van der Waals surface area contributed by atoms with Crippen molar-refractivity contribution in [2.24, 2.45) is 5.73 Å². The molecule has 1 aliphatic rings. The molecule has 1 aliphatic heterocycles. The Bertz CT molecular complexity index is 215. The maximum absolute atomic E-state index is 11.1. The van der Waals surface area contributed by atoms with Gasteiger partial charge in [0, 0.05) is 13.1 Å². The van der Waals surface area contributed by atoms with Gasteiger partial charge in [-0.15, -0.1) is 24.2 Å². The summed E-state index contributed by atoms with van der Waals surface area (Å²) in [5.41, 5.74) is 5.21. The van der Waals surface area contributed by atoms with Crippen LogP contribution in [-0.2, 0) is 9.59 Å². The van der Waals surface area contributed by atoms with E-state index in [1.54, 1.807) is 0 Å². The van der Waals surface area contributed by atoms with Crippen LogP contribution in [0.4, 0.5) is 0 Å². The number of hydrogen-bond acceptors (Lipinski definition) is 4. The second-order valence-corrected chi connectivity index (χ2v) is 3.66. The fourth-order valence-corrected chi connectivity index (χ4v) is 1.89. The largest absolute Gasteiger partial charge is 0.353 e. The minimum atomic E-state index is -0.138. The third-order valence-electron chi connectivity index (χ3n) is 1.63. The third-order valence-corrected chi connectivity index (χ3v) is 2.57. The van der Waals surface area contributed by atoms with Gasteiger partial charge >= 0.3 is 0 Å². The van der Waals surface area contributed by atoms with Gasteiger partial charge in [-0.1, -0.05) is 0 Å². The van der Waals surface area contributed by atoms with E-state index >= 15 is 0 Å². The molecule has 1 rings (SSSR count). The topological polar surface area (TPSA) is 75.4 Å². The van der Waals surface area contributed by atoms with Gasteiger partial charge < -0.3 is 16.0 Å². The fraction of sp³-hybridized carbons (Fsp3) is 0.714. The number of thioether (sulfide) groups is 1. The SMILES string of the molecule is Cl.NCCNC(=O)CN1CSCC1=O. The molecule has 0 spiro atoms. The summed E-state index contributed by atoms with van der Waals surface area (Å²) in [6.45, 7) is 1.05. The molecule has 0 aromatic rings. The van der Waals surface area contributed by atoms with Crippen molar-refractivity contribution in [1.82, 2.24) is 10.2 Å². The predicted molar refractivity (Wildman–Crippen MR) is 58.4 cm³/mol. The van der Waals surface area contributed by atoms with Crippen LogP contribution in [-0.4, -0.2) is 48.0 Å². The molecule has 0 bridgehead atoms. The van der Waals surface area contributed by atoms with Crippen molar-refractivity contribution in [3.8, 4) is 0 Å². The zero-order valence-electron chi connectivity index (χ0n) is 7.69. The van der Waals surface area contributed by atoms with Gasteiger partial charge in [0.1, 0.15) is 6.54 Å². The molecular formula is C7H14ClN3O2S. The Morgan fingerprint density at radius 3 is 2.86 bits per heavy atom. The van der Waals surface area contributed by atoms with Crippen LogP contribution < -0.4 is 11.1 Å². The van der Waals surface area contributed by atoms with E-state index in [1.165, 1.54) is 16.7 Å². The first-order valence-electron chi connectivity index (χ1n) is 4.06. The highest BCUT2D eigenvalue weighted by Crippen LogP contribution is 2.13. The molecule has 7 heteroatoms. The van der Waals surface area contributed by atoms with Crippen LogP contribution in [0.2, 0.25) is 0 Å². The van der Waals surface area contributed by atoms with Crippen molar-refractivity contribution in [1.29, 1.82) is 0 Å². The molecule has 0 unspecified atom stereocenters. The van der Waals surface area contributed by atoms with Crippen molar-refractivity contribution in [2.75, 3.05) is 31.3 Å². The quantitative estimate of drug-likeness (QED) is 0.661. The normalized spacial score (nSPS) is 15.2. The van der Waals surface area contributed by atoms with Crippen LogP contribution in [0.25, 0.3) is 0 Å². The first kappa shape index (κ1) is 13.5. The second-order valence-electron chi connectivity index (χ2n) is 2.71. The van der Waals surface area contributed by atoms with Gasteiger partial charge in [0.25, 0.3) is 0 Å². The van der Waals surface area contributed by atoms with E-state index in [1.807, 2.05) is 0 Å². The van der Waals surface area contributed by atoms with Crippen LogP contribution in [0.1, 0.15) is 0 Å². The average Bonchev–Trinajstić information content (AvgIpc) is 2.48. The van der Waals surface area contributed by atoms with Gasteiger partial charge in [-0.05, 0) is 0 Å². The van der Waals surface area contributed by atoms with E-state index < -0.39 is 0 Å². The zero-order chi connectivity index (χ0) is 9.68. The molecular weight excluding hydrogens is 226 g/mol. The summed E-state index contributed by atoms with van der Waals surface area (Å²) in [5.74, 6) is 1.01. The number of nitrogens with two attached hydrogens (primary N) is 1. The van der Waals surface area contributed by atoms with Gasteiger partial charge in [-0.3, -0.25) is 9.59 Å². The summed E-state index contributed by atoms with van der Waals surface area (Å²) < 4.78 is 0. The summed E-state index contributed by atoms with van der Waals surface area (Å²) >= 11 is 1.53. The summed E-state index contributed by atoms with van der Waals surface area (Å²) in [6.07, 6.45) is 0. The second kappa shape index (κ2) is 6.92. The van der Waals surface area contributed by atoms with E-state index in [0.29, 0.717) is 24.7 Å². The molecule has 0 saturated carbocycles. The molecule has 0 aromatic heterocycles. The van der Waals surface area contributed by atoms with E-state index in [0.717, 1.165) is 0 Å². The van der Waals surface area contributed by atoms with Crippen molar-refractivity contribution in [3.05, 3.63) is 0 Å². The Kier molecular flexibility index (Phi) is 6.69. The van der Waals surface area contributed by atoms with Crippen LogP contribution in [0, 0.1) is 0 Å². The lowest BCUT2D eigenvalue weighted by atomic mass is 10.5. The van der Waals surface area contributed by atoms with Gasteiger partial charge in [-0.2, -0.15) is 0 Å². The third kappa shape index (κ3) is 4.17. The molecule has 1 saturated heterocycles. The molecule has 3 N–H and O–H groups in total. The highest BCUT2D eigenvalue weighted by Gasteiger charge is 2.22. The minimum Gasteiger partial charge on any atom is -0.353 e. The molecule has 5 nitrogen and oxygen atoms in total. The highest BCUT2D eigenvalue weighted by molar-refractivity contribution is 8.00. The van der Waals surface area contributed by atoms with Gasteiger partial charge in [-0.25, -0.2) is 0 Å². The molecule has 0 aromatic carbocycles. The molecule has 0 aliphatic carbocycles. The number of carbonyl (C=O) groups excluding carboxylic acids is 2. The standard InChI is InChI=1S/C7H13N3O2S.ClH/c8-1-2-9-6(11)3-10-5-13-4-7(10)12;/h1-5,8H2,(H,9,11);1H. The fourth-order valence-electron chi connectivity index (χ4n) is 0.981. The minimum absolute atomic E-state index is 0. The maximum atomic E-state index is 11.1. The average molecular weight is 240 g/mol. The van der Waals surface area contributed by atoms with Crippen LogP contribution in [0.5, 0.6) is 0 Å². The Balaban J connectivity index is 0.00000169. The Labute approximate surface area is 93.2 Å². The number of nitrogens with zero attached hydrogens (tertiary/aromatic N) is 1. The number of carbonyl (C=O) groups is 2. The van der Waals surface area contributed by atoms with Gasteiger partial charge in [0.05, 0.1) is 11.6 Å². The van der Waals surface area contributed by atoms with E-state index in [4.69, 9.17) is 5.73 Å². The molecule has 0 atom stereocenters. The lowest BCUT2D eigenvalue weighted by Gasteiger charge is -2.13. The van der Waals surface area contributed by atoms with E-state index in [-0.39, 0.29) is 30.8 Å². The van der Waals surface area contributed by atoms with Crippen LogP contribution in [0.15, 0.2) is 0 Å². The highest BCUT2D eigenvalue weighted by atomic mass is 35.5. The molecule has 1 fully saturated rings. The molecule has 82 valence electrons. The number of rotatable bonds is 4. The lowest BCUT2D eigenvalue weighted by molar-refractivity contribution is -0.132. The molecule has 2 amide bonds. The van der Waals surface area contributed by atoms with E-state index in [9.17, 15) is 9.59 Å². The smallest absolute Gasteiger partial charge is 0.239 e. The Morgan fingerprint density at radius 1 is 1.64 bits per heavy atom. The molecule has 14 heavy (non-hydrogen) atoms. The van der Waals surface area contributed by atoms with Crippen molar-refractivity contribution in [3.63, 3.8) is 0 Å². The summed E-state index contributed by atoms with van der Waals surface area (Å²) in [5, 5.41) is 2.61. The number of hydrogen-bond donors (Lipinski definition) is 2. The van der Waals surface area contributed by atoms with Gasteiger partial charge in [0.2, 0.25) is 11.8 Å². The van der Waals surface area contributed by atoms with Gasteiger partial charge in [0.15, 0.2) is 0 Å². The summed E-state index contributed by atoms with van der Waals surface area (Å²) in [4.78, 5) is 23.8. The predicted octanol–water partition coefficient (Wildman–Crippen LogP) is -0.984. The summed E-state index contributed by atoms with van der Waals surface area (Å²) in [6, 6.07) is 0. The molecule has 1 heterocycles. The Morgan fingerprint density at radius 2 is 2.36 bits per heavy atom. The number of nitrogens with one attached hydrogen (secondary N) is 1. The Hall–Kier alpha value is -0.460. The van der Waals surface area contributed by atoms with Crippen LogP contribution >= 0.6 is 24.2 Å². The van der Waals surface area contributed by atoms with Crippen molar-refractivity contribution < 1.29 is 9.59 Å². The number of halogens is 1. The number of amides is 2. The first-order valence-corrected chi connectivity index (χ1v) is 5.22. The zero-order valence-corrected chi connectivity index (χ0v) is 9.33. The monoisotopic (exact) mass is 239 g/mol. The summed E-state index contributed by atoms with van der Waals surface area (Å²) in [7, 11) is 0. The van der Waals surface area contributed by atoms with Crippen molar-refractivity contribution in [2.45, 2.75) is 0 Å².